The number of hydrogen-bond acceptors (Lipinski definition) is 2. The van der Waals surface area contributed by atoms with Crippen molar-refractivity contribution in [3.63, 3.8) is 0 Å². The topological polar surface area (TPSA) is 29.1 Å². The Labute approximate surface area is 136 Å². The van der Waals surface area contributed by atoms with E-state index in [0.717, 1.165) is 11.3 Å². The van der Waals surface area contributed by atoms with Crippen molar-refractivity contribution >= 4 is 17.2 Å². The average Bonchev–Trinajstić information content (AvgIpc) is 3.05. The van der Waals surface area contributed by atoms with Crippen molar-refractivity contribution in [2.75, 3.05) is 0 Å². The molecule has 1 amide bonds. The van der Waals surface area contributed by atoms with Crippen LogP contribution in [0, 0.1) is 0 Å². The van der Waals surface area contributed by atoms with Crippen LogP contribution in [-0.4, -0.2) is 5.91 Å². The summed E-state index contributed by atoms with van der Waals surface area (Å²) in [6.07, 6.45) is 6.40. The van der Waals surface area contributed by atoms with Gasteiger partial charge in [-0.2, -0.15) is 0 Å². The number of aryl methyl sites for hydroxylation is 2. The molecule has 1 unspecified atom stereocenters. The molecule has 3 heteroatoms. The molecule has 1 aromatic carbocycles. The van der Waals surface area contributed by atoms with Gasteiger partial charge in [-0.1, -0.05) is 31.2 Å². The molecule has 3 rings (SSSR count). The number of hydrogen-bond donors (Lipinski definition) is 1. The van der Waals surface area contributed by atoms with Crippen LogP contribution in [0.5, 0.6) is 0 Å². The zero-order chi connectivity index (χ0) is 15.4. The molecule has 116 valence electrons. The fraction of sp³-hybridized carbons (Fsp3) is 0.421. The lowest BCUT2D eigenvalue weighted by Gasteiger charge is -2.21. The number of rotatable bonds is 5. The first kappa shape index (κ1) is 15.3. The van der Waals surface area contributed by atoms with Crippen LogP contribution in [0.1, 0.15) is 53.8 Å². The van der Waals surface area contributed by atoms with Gasteiger partial charge in [0.05, 0.1) is 12.5 Å². The van der Waals surface area contributed by atoms with Crippen LogP contribution in [0.3, 0.4) is 0 Å². The van der Waals surface area contributed by atoms with Crippen LogP contribution in [0.25, 0.3) is 0 Å². The van der Waals surface area contributed by atoms with E-state index in [1.807, 2.05) is 17.5 Å². The summed E-state index contributed by atoms with van der Waals surface area (Å²) in [5, 5.41) is 5.21. The fourth-order valence-corrected chi connectivity index (χ4v) is 3.91. The Morgan fingerprint density at radius 3 is 2.77 bits per heavy atom. The van der Waals surface area contributed by atoms with E-state index in [9.17, 15) is 4.79 Å². The van der Waals surface area contributed by atoms with Crippen molar-refractivity contribution in [3.05, 3.63) is 57.3 Å². The third kappa shape index (κ3) is 3.58. The summed E-state index contributed by atoms with van der Waals surface area (Å²) < 4.78 is 0. The summed E-state index contributed by atoms with van der Waals surface area (Å²) in [5.74, 6) is 0.118. The summed E-state index contributed by atoms with van der Waals surface area (Å²) in [5.41, 5.74) is 4.23. The minimum absolute atomic E-state index is 0.118. The standard InChI is InChI=1S/C19H23NOS/c1-2-18(20-19(21)13-17-8-5-11-22-17)16-10-9-14-6-3-4-7-15(14)12-16/h5,8-12,18H,2-4,6-7,13H2,1H3,(H,20,21). The van der Waals surface area contributed by atoms with Gasteiger partial charge in [-0.05, 0) is 60.2 Å². The minimum Gasteiger partial charge on any atom is -0.349 e. The quantitative estimate of drug-likeness (QED) is 0.869. The fourth-order valence-electron chi connectivity index (χ4n) is 3.21. The van der Waals surface area contributed by atoms with E-state index >= 15 is 0 Å². The molecule has 0 aliphatic heterocycles. The minimum atomic E-state index is 0.118. The lowest BCUT2D eigenvalue weighted by molar-refractivity contribution is -0.121. The second-order valence-electron chi connectivity index (χ2n) is 6.02. The Kier molecular flexibility index (Phi) is 4.94. The van der Waals surface area contributed by atoms with Gasteiger partial charge in [0.25, 0.3) is 0 Å². The van der Waals surface area contributed by atoms with Crippen molar-refractivity contribution in [2.24, 2.45) is 0 Å². The SMILES string of the molecule is CCC(NC(=O)Cc1cccs1)c1ccc2c(c1)CCCC2. The van der Waals surface area contributed by atoms with Gasteiger partial charge in [0.1, 0.15) is 0 Å². The lowest BCUT2D eigenvalue weighted by atomic mass is 9.89. The number of carbonyl (C=O) groups excluding carboxylic acids is 1. The van der Waals surface area contributed by atoms with Crippen LogP contribution in [0.2, 0.25) is 0 Å². The normalized spacial score (nSPS) is 15.1. The van der Waals surface area contributed by atoms with Crippen LogP contribution in [0.15, 0.2) is 35.7 Å². The van der Waals surface area contributed by atoms with Crippen molar-refractivity contribution in [2.45, 2.75) is 51.5 Å². The summed E-state index contributed by atoms with van der Waals surface area (Å²) in [7, 11) is 0. The van der Waals surface area contributed by atoms with E-state index in [1.165, 1.54) is 42.4 Å². The number of nitrogens with one attached hydrogen (secondary N) is 1. The highest BCUT2D eigenvalue weighted by atomic mass is 32.1. The Hall–Kier alpha value is -1.61. The summed E-state index contributed by atoms with van der Waals surface area (Å²) in [4.78, 5) is 13.4. The predicted molar refractivity (Wildman–Crippen MR) is 92.3 cm³/mol. The molecule has 1 atom stereocenters. The van der Waals surface area contributed by atoms with Gasteiger partial charge in [-0.25, -0.2) is 0 Å². The van der Waals surface area contributed by atoms with Crippen LogP contribution < -0.4 is 5.32 Å². The maximum absolute atomic E-state index is 12.2. The molecule has 1 aliphatic carbocycles. The first-order valence-electron chi connectivity index (χ1n) is 8.19. The predicted octanol–water partition coefficient (Wildman–Crippen LogP) is 4.44. The van der Waals surface area contributed by atoms with Gasteiger partial charge in [-0.3, -0.25) is 4.79 Å². The molecular formula is C19H23NOS. The van der Waals surface area contributed by atoms with Gasteiger partial charge in [0, 0.05) is 4.88 Å². The van der Waals surface area contributed by atoms with Crippen molar-refractivity contribution < 1.29 is 4.79 Å². The summed E-state index contributed by atoms with van der Waals surface area (Å²) >= 11 is 1.64. The Morgan fingerprint density at radius 2 is 2.05 bits per heavy atom. The number of thiophene rings is 1. The highest BCUT2D eigenvalue weighted by Crippen LogP contribution is 2.26. The molecule has 0 saturated carbocycles. The second kappa shape index (κ2) is 7.10. The van der Waals surface area contributed by atoms with E-state index in [2.05, 4.69) is 30.4 Å². The molecule has 0 fully saturated rings. The molecule has 0 saturated heterocycles. The molecule has 22 heavy (non-hydrogen) atoms. The van der Waals surface area contributed by atoms with Crippen molar-refractivity contribution in [1.29, 1.82) is 0 Å². The third-order valence-electron chi connectivity index (χ3n) is 4.43. The molecule has 2 aromatic rings. The molecule has 1 N–H and O–H groups in total. The zero-order valence-corrected chi connectivity index (χ0v) is 13.9. The van der Waals surface area contributed by atoms with Crippen molar-refractivity contribution in [1.82, 2.24) is 5.32 Å². The molecule has 0 radical (unpaired) electrons. The first-order valence-corrected chi connectivity index (χ1v) is 9.07. The monoisotopic (exact) mass is 313 g/mol. The highest BCUT2D eigenvalue weighted by Gasteiger charge is 2.16. The highest BCUT2D eigenvalue weighted by molar-refractivity contribution is 7.10. The zero-order valence-electron chi connectivity index (χ0n) is 13.1. The number of amides is 1. The average molecular weight is 313 g/mol. The molecule has 1 aromatic heterocycles. The van der Waals surface area contributed by atoms with E-state index in [1.54, 1.807) is 11.3 Å². The largest absolute Gasteiger partial charge is 0.349 e. The van der Waals surface area contributed by atoms with Gasteiger partial charge in [0.2, 0.25) is 5.91 Å². The number of benzene rings is 1. The third-order valence-corrected chi connectivity index (χ3v) is 5.31. The van der Waals surface area contributed by atoms with E-state index in [4.69, 9.17) is 0 Å². The molecule has 1 heterocycles. The van der Waals surface area contributed by atoms with E-state index < -0.39 is 0 Å². The van der Waals surface area contributed by atoms with Gasteiger partial charge < -0.3 is 5.32 Å². The van der Waals surface area contributed by atoms with Crippen LogP contribution in [-0.2, 0) is 24.1 Å². The number of fused-ring (bicyclic) bond motifs is 1. The van der Waals surface area contributed by atoms with Gasteiger partial charge in [-0.15, -0.1) is 11.3 Å². The Morgan fingerprint density at radius 1 is 1.23 bits per heavy atom. The second-order valence-corrected chi connectivity index (χ2v) is 7.05. The van der Waals surface area contributed by atoms with Crippen LogP contribution in [0.4, 0.5) is 0 Å². The maximum atomic E-state index is 12.2. The Balaban J connectivity index is 1.69. The molecule has 1 aliphatic rings. The maximum Gasteiger partial charge on any atom is 0.225 e. The van der Waals surface area contributed by atoms with Crippen molar-refractivity contribution in [3.8, 4) is 0 Å². The molecular weight excluding hydrogens is 290 g/mol. The van der Waals surface area contributed by atoms with Crippen LogP contribution >= 0.6 is 11.3 Å². The molecule has 0 spiro atoms. The molecule has 2 nitrogen and oxygen atoms in total. The van der Waals surface area contributed by atoms with Gasteiger partial charge >= 0.3 is 0 Å². The van der Waals surface area contributed by atoms with E-state index in [0.29, 0.717) is 6.42 Å². The Bertz CT molecular complexity index is 633. The molecule has 0 bridgehead atoms. The first-order chi connectivity index (χ1) is 10.8. The number of carbonyl (C=O) groups is 1. The lowest BCUT2D eigenvalue weighted by Crippen LogP contribution is -2.29. The smallest absolute Gasteiger partial charge is 0.225 e. The summed E-state index contributed by atoms with van der Waals surface area (Å²) in [6.45, 7) is 2.13. The summed E-state index contributed by atoms with van der Waals surface area (Å²) in [6, 6.07) is 10.9. The van der Waals surface area contributed by atoms with E-state index in [-0.39, 0.29) is 11.9 Å². The van der Waals surface area contributed by atoms with Gasteiger partial charge in [0.15, 0.2) is 0 Å².